The number of esters is 1. The highest BCUT2D eigenvalue weighted by Crippen LogP contribution is 2.06. The highest BCUT2D eigenvalue weighted by molar-refractivity contribution is 7.80. The third-order valence-electron chi connectivity index (χ3n) is 1.32. The Kier molecular flexibility index (Phi) is 5.38. The van der Waals surface area contributed by atoms with Crippen molar-refractivity contribution in [2.24, 2.45) is 5.92 Å². The van der Waals surface area contributed by atoms with Gasteiger partial charge in [0.05, 0.1) is 12.0 Å². The first kappa shape index (κ1) is 10.8. The molecule has 0 saturated heterocycles. The second kappa shape index (κ2) is 5.47. The molecule has 0 radical (unpaired) electrons. The number of thiol groups is 1. The molecule has 0 aromatic rings. The third-order valence-corrected chi connectivity index (χ3v) is 1.57. The van der Waals surface area contributed by atoms with E-state index in [0.29, 0.717) is 0 Å². The van der Waals surface area contributed by atoms with Gasteiger partial charge in [-0.25, -0.2) is 0 Å². The van der Waals surface area contributed by atoms with Gasteiger partial charge in [0.15, 0.2) is 0 Å². The van der Waals surface area contributed by atoms with E-state index in [-0.39, 0.29) is 18.0 Å². The Morgan fingerprint density at radius 1 is 1.45 bits per heavy atom. The second-order valence-electron chi connectivity index (χ2n) is 2.90. The summed E-state index contributed by atoms with van der Waals surface area (Å²) >= 11 is 4.04. The van der Waals surface area contributed by atoms with E-state index in [1.54, 1.807) is 0 Å². The Hall–Kier alpha value is -0.180. The van der Waals surface area contributed by atoms with Crippen LogP contribution in [-0.4, -0.2) is 17.8 Å². The number of ether oxygens (including phenoxy) is 1. The average Bonchev–Trinajstić information content (AvgIpc) is 1.86. The number of carbonyl (C=O) groups is 1. The van der Waals surface area contributed by atoms with Gasteiger partial charge >= 0.3 is 5.97 Å². The molecule has 1 atom stereocenters. The predicted molar refractivity (Wildman–Crippen MR) is 48.9 cm³/mol. The van der Waals surface area contributed by atoms with E-state index in [9.17, 15) is 4.79 Å². The smallest absolute Gasteiger partial charge is 0.308 e. The summed E-state index contributed by atoms with van der Waals surface area (Å²) in [6.45, 7) is 5.57. The Morgan fingerprint density at radius 3 is 2.36 bits per heavy atom. The van der Waals surface area contributed by atoms with Crippen LogP contribution in [0, 0.1) is 5.92 Å². The Balaban J connectivity index is 3.64. The predicted octanol–water partition coefficient (Wildman–Crippen LogP) is 1.89. The van der Waals surface area contributed by atoms with Gasteiger partial charge in [-0.3, -0.25) is 4.79 Å². The van der Waals surface area contributed by atoms with Gasteiger partial charge in [0.25, 0.3) is 0 Å². The molecule has 0 amide bonds. The fourth-order valence-electron chi connectivity index (χ4n) is 0.660. The lowest BCUT2D eigenvalue weighted by Crippen LogP contribution is -2.19. The van der Waals surface area contributed by atoms with Crippen LogP contribution >= 0.6 is 12.6 Å². The van der Waals surface area contributed by atoms with Crippen molar-refractivity contribution >= 4 is 18.6 Å². The van der Waals surface area contributed by atoms with Crippen LogP contribution in [0.2, 0.25) is 0 Å². The zero-order valence-electron chi connectivity index (χ0n) is 7.33. The third kappa shape index (κ3) is 5.13. The molecular weight excluding hydrogens is 160 g/mol. The van der Waals surface area contributed by atoms with Crippen molar-refractivity contribution in [3.8, 4) is 0 Å². The van der Waals surface area contributed by atoms with Crippen LogP contribution in [0.15, 0.2) is 0 Å². The maximum absolute atomic E-state index is 11.1. The number of carbonyl (C=O) groups excluding carboxylic acids is 1. The first-order chi connectivity index (χ1) is 5.07. The summed E-state index contributed by atoms with van der Waals surface area (Å²) in [4.78, 5) is 11.1. The molecule has 2 nitrogen and oxygen atoms in total. The van der Waals surface area contributed by atoms with E-state index in [4.69, 9.17) is 4.74 Å². The van der Waals surface area contributed by atoms with Crippen LogP contribution in [-0.2, 0) is 9.53 Å². The van der Waals surface area contributed by atoms with Crippen molar-refractivity contribution in [2.45, 2.75) is 33.3 Å². The average molecular weight is 176 g/mol. The van der Waals surface area contributed by atoms with E-state index in [2.05, 4.69) is 12.6 Å². The van der Waals surface area contributed by atoms with E-state index < -0.39 is 0 Å². The molecule has 0 saturated carbocycles. The fourth-order valence-corrected chi connectivity index (χ4v) is 1.05. The normalized spacial score (nSPS) is 13.2. The summed E-state index contributed by atoms with van der Waals surface area (Å²) < 4.78 is 4.99. The Labute approximate surface area is 73.7 Å². The van der Waals surface area contributed by atoms with Crippen molar-refractivity contribution in [1.82, 2.24) is 0 Å². The second-order valence-corrected chi connectivity index (χ2v) is 3.35. The minimum absolute atomic E-state index is 0.00938. The van der Waals surface area contributed by atoms with Crippen molar-refractivity contribution in [1.29, 1.82) is 0 Å². The van der Waals surface area contributed by atoms with Crippen molar-refractivity contribution in [3.05, 3.63) is 0 Å². The van der Waals surface area contributed by atoms with Crippen molar-refractivity contribution in [2.75, 3.05) is 5.75 Å². The molecule has 0 aliphatic heterocycles. The van der Waals surface area contributed by atoms with E-state index in [0.717, 1.165) is 12.2 Å². The molecule has 0 bridgehead atoms. The van der Waals surface area contributed by atoms with Crippen LogP contribution in [0.3, 0.4) is 0 Å². The number of rotatable bonds is 4. The summed E-state index contributed by atoms with van der Waals surface area (Å²) in [7, 11) is 0. The summed E-state index contributed by atoms with van der Waals surface area (Å²) in [5.74, 6) is 0.595. The quantitative estimate of drug-likeness (QED) is 0.523. The fraction of sp³-hybridized carbons (Fsp3) is 0.875. The van der Waals surface area contributed by atoms with Crippen LogP contribution in [0.1, 0.15) is 27.2 Å². The van der Waals surface area contributed by atoms with Crippen LogP contribution in [0.25, 0.3) is 0 Å². The molecule has 3 heteroatoms. The molecule has 1 unspecified atom stereocenters. The summed E-state index contributed by atoms with van der Waals surface area (Å²) in [6.07, 6.45) is 0.777. The largest absolute Gasteiger partial charge is 0.463 e. The van der Waals surface area contributed by atoms with Crippen LogP contribution < -0.4 is 0 Å². The van der Waals surface area contributed by atoms with E-state index >= 15 is 0 Å². The van der Waals surface area contributed by atoms with E-state index in [1.807, 2.05) is 20.8 Å². The summed E-state index contributed by atoms with van der Waals surface area (Å²) in [5, 5.41) is 0. The maximum atomic E-state index is 11.1. The molecule has 0 fully saturated rings. The lowest BCUT2D eigenvalue weighted by atomic mass is 10.1. The van der Waals surface area contributed by atoms with Gasteiger partial charge in [-0.2, -0.15) is 12.6 Å². The molecule has 11 heavy (non-hydrogen) atoms. The highest BCUT2D eigenvalue weighted by atomic mass is 32.1. The Bertz CT molecular complexity index is 123. The standard InChI is InChI=1S/C8H16O2S/c1-6(2)10-8(9)7(3)4-5-11/h6-7,11H,4-5H2,1-3H3. The van der Waals surface area contributed by atoms with Gasteiger partial charge in [0.2, 0.25) is 0 Å². The summed E-state index contributed by atoms with van der Waals surface area (Å²) in [5.41, 5.74) is 0. The van der Waals surface area contributed by atoms with Crippen LogP contribution in [0.4, 0.5) is 0 Å². The van der Waals surface area contributed by atoms with Gasteiger partial charge in [-0.15, -0.1) is 0 Å². The van der Waals surface area contributed by atoms with Crippen molar-refractivity contribution in [3.63, 3.8) is 0 Å². The molecule has 0 rings (SSSR count). The molecule has 0 N–H and O–H groups in total. The van der Waals surface area contributed by atoms with Gasteiger partial charge < -0.3 is 4.74 Å². The molecule has 0 aliphatic carbocycles. The minimum atomic E-state index is -0.117. The minimum Gasteiger partial charge on any atom is -0.463 e. The molecule has 0 aromatic heterocycles. The van der Waals surface area contributed by atoms with Gasteiger partial charge in [-0.05, 0) is 26.0 Å². The number of hydrogen-bond donors (Lipinski definition) is 1. The lowest BCUT2D eigenvalue weighted by molar-refractivity contribution is -0.151. The zero-order chi connectivity index (χ0) is 8.85. The van der Waals surface area contributed by atoms with Crippen LogP contribution in [0.5, 0.6) is 0 Å². The molecule has 66 valence electrons. The van der Waals surface area contributed by atoms with E-state index in [1.165, 1.54) is 0 Å². The van der Waals surface area contributed by atoms with Gasteiger partial charge in [0, 0.05) is 0 Å². The molecule has 0 aliphatic rings. The molecule has 0 spiro atoms. The molecule has 0 heterocycles. The first-order valence-electron chi connectivity index (χ1n) is 3.89. The van der Waals surface area contributed by atoms with Crippen molar-refractivity contribution < 1.29 is 9.53 Å². The number of hydrogen-bond acceptors (Lipinski definition) is 3. The SMILES string of the molecule is CC(C)OC(=O)C(C)CCS. The summed E-state index contributed by atoms with van der Waals surface area (Å²) in [6, 6.07) is 0. The Morgan fingerprint density at radius 2 is 2.00 bits per heavy atom. The first-order valence-corrected chi connectivity index (χ1v) is 4.52. The zero-order valence-corrected chi connectivity index (χ0v) is 8.23. The molecular formula is C8H16O2S. The lowest BCUT2D eigenvalue weighted by Gasteiger charge is -2.12. The maximum Gasteiger partial charge on any atom is 0.308 e. The van der Waals surface area contributed by atoms with Gasteiger partial charge in [0.1, 0.15) is 0 Å². The van der Waals surface area contributed by atoms with Gasteiger partial charge in [-0.1, -0.05) is 6.92 Å². The highest BCUT2D eigenvalue weighted by Gasteiger charge is 2.13. The molecule has 0 aromatic carbocycles. The monoisotopic (exact) mass is 176 g/mol. The topological polar surface area (TPSA) is 26.3 Å².